The van der Waals surface area contributed by atoms with Gasteiger partial charge in [0, 0.05) is 19.0 Å². The number of nitrogens with zero attached hydrogens (tertiary/aromatic N) is 1. The van der Waals surface area contributed by atoms with Crippen LogP contribution in [0.3, 0.4) is 0 Å². The Morgan fingerprint density at radius 2 is 2.11 bits per heavy atom. The molecule has 2 fully saturated rings. The minimum Gasteiger partial charge on any atom is -0.340 e. The molecule has 0 saturated carbocycles. The van der Waals surface area contributed by atoms with Crippen molar-refractivity contribution in [1.29, 1.82) is 0 Å². The van der Waals surface area contributed by atoms with Crippen molar-refractivity contribution in [2.75, 3.05) is 19.6 Å². The van der Waals surface area contributed by atoms with Gasteiger partial charge in [-0.05, 0) is 58.0 Å². The Morgan fingerprint density at radius 1 is 1.22 bits per heavy atom. The molecule has 18 heavy (non-hydrogen) atoms. The van der Waals surface area contributed by atoms with E-state index in [1.807, 2.05) is 0 Å². The molecule has 2 unspecified atom stereocenters. The van der Waals surface area contributed by atoms with Gasteiger partial charge in [0.15, 0.2) is 0 Å². The largest absolute Gasteiger partial charge is 0.340 e. The fourth-order valence-electron chi connectivity index (χ4n) is 3.29. The first-order valence-corrected chi connectivity index (χ1v) is 7.77. The fraction of sp³-hybridized carbons (Fsp3) is 0.933. The molecule has 0 aromatic rings. The van der Waals surface area contributed by atoms with Crippen molar-refractivity contribution in [1.82, 2.24) is 10.2 Å². The van der Waals surface area contributed by atoms with Crippen LogP contribution in [-0.2, 0) is 4.79 Å². The number of carbonyl (C=O) groups is 1. The number of amides is 1. The van der Waals surface area contributed by atoms with Crippen LogP contribution in [-0.4, -0.2) is 36.5 Å². The summed E-state index contributed by atoms with van der Waals surface area (Å²) in [6, 6.07) is 0.462. The molecule has 1 N–H and O–H groups in total. The molecular weight excluding hydrogens is 224 g/mol. The van der Waals surface area contributed by atoms with Crippen molar-refractivity contribution in [2.45, 2.75) is 64.3 Å². The second-order valence-corrected chi connectivity index (χ2v) is 6.04. The average molecular weight is 252 g/mol. The Bertz CT molecular complexity index is 261. The third-order valence-corrected chi connectivity index (χ3v) is 4.54. The molecule has 2 saturated heterocycles. The molecule has 2 atom stereocenters. The summed E-state index contributed by atoms with van der Waals surface area (Å²) < 4.78 is 0. The molecule has 0 bridgehead atoms. The van der Waals surface area contributed by atoms with Gasteiger partial charge < -0.3 is 10.2 Å². The number of nitrogens with one attached hydrogen (secondary N) is 1. The van der Waals surface area contributed by atoms with Crippen molar-refractivity contribution in [3.63, 3.8) is 0 Å². The molecule has 0 aromatic heterocycles. The molecule has 1 amide bonds. The molecular formula is C15H28N2O. The van der Waals surface area contributed by atoms with Crippen LogP contribution in [0.2, 0.25) is 0 Å². The van der Waals surface area contributed by atoms with Crippen LogP contribution in [0.15, 0.2) is 0 Å². The number of hydrogen-bond donors (Lipinski definition) is 1. The summed E-state index contributed by atoms with van der Waals surface area (Å²) in [6.07, 6.45) is 9.39. The van der Waals surface area contributed by atoms with Crippen LogP contribution < -0.4 is 5.32 Å². The number of piperidine rings is 1. The summed E-state index contributed by atoms with van der Waals surface area (Å²) in [5, 5.41) is 3.43. The highest BCUT2D eigenvalue weighted by Gasteiger charge is 2.23. The first-order chi connectivity index (χ1) is 8.77. The topological polar surface area (TPSA) is 32.3 Å². The van der Waals surface area contributed by atoms with E-state index in [1.165, 1.54) is 38.5 Å². The quantitative estimate of drug-likeness (QED) is 0.837. The number of carbonyl (C=O) groups excluding carboxylic acids is 1. The van der Waals surface area contributed by atoms with E-state index in [0.29, 0.717) is 11.9 Å². The first kappa shape index (κ1) is 13.9. The third kappa shape index (κ3) is 3.98. The highest BCUT2D eigenvalue weighted by molar-refractivity contribution is 5.76. The lowest BCUT2D eigenvalue weighted by Crippen LogP contribution is -2.39. The molecule has 3 nitrogen and oxygen atoms in total. The lowest BCUT2D eigenvalue weighted by molar-refractivity contribution is -0.133. The smallest absolute Gasteiger partial charge is 0.222 e. The second kappa shape index (κ2) is 7.13. The summed E-state index contributed by atoms with van der Waals surface area (Å²) in [7, 11) is 0. The summed E-state index contributed by atoms with van der Waals surface area (Å²) in [5.41, 5.74) is 0. The van der Waals surface area contributed by atoms with Gasteiger partial charge in [-0.3, -0.25) is 4.79 Å². The molecule has 3 heteroatoms. The van der Waals surface area contributed by atoms with E-state index >= 15 is 0 Å². The third-order valence-electron chi connectivity index (χ3n) is 4.54. The van der Waals surface area contributed by atoms with Gasteiger partial charge in [0.25, 0.3) is 0 Å². The number of rotatable bonds is 3. The molecule has 0 spiro atoms. The van der Waals surface area contributed by atoms with Crippen LogP contribution in [0.5, 0.6) is 0 Å². The minimum atomic E-state index is 0.398. The Kier molecular flexibility index (Phi) is 5.48. The lowest BCUT2D eigenvalue weighted by atomic mass is 9.94. The van der Waals surface area contributed by atoms with Gasteiger partial charge >= 0.3 is 0 Å². The predicted octanol–water partition coefficient (Wildman–Crippen LogP) is 2.56. The van der Waals surface area contributed by atoms with Crippen LogP contribution in [0.25, 0.3) is 0 Å². The van der Waals surface area contributed by atoms with Crippen molar-refractivity contribution >= 4 is 5.91 Å². The number of likely N-dealkylation sites (tertiary alicyclic amines) is 1. The van der Waals surface area contributed by atoms with Gasteiger partial charge in [0.05, 0.1) is 0 Å². The zero-order valence-corrected chi connectivity index (χ0v) is 11.8. The molecule has 0 aliphatic carbocycles. The normalized spacial score (nSPS) is 29.9. The van der Waals surface area contributed by atoms with Crippen LogP contribution in [0, 0.1) is 5.92 Å². The monoisotopic (exact) mass is 252 g/mol. The molecule has 0 radical (unpaired) electrons. The van der Waals surface area contributed by atoms with E-state index in [1.54, 1.807) is 0 Å². The van der Waals surface area contributed by atoms with Crippen molar-refractivity contribution in [2.24, 2.45) is 5.92 Å². The predicted molar refractivity (Wildman–Crippen MR) is 74.5 cm³/mol. The molecule has 2 aliphatic rings. The lowest BCUT2D eigenvalue weighted by Gasteiger charge is -2.28. The zero-order chi connectivity index (χ0) is 12.8. The maximum Gasteiger partial charge on any atom is 0.222 e. The van der Waals surface area contributed by atoms with Gasteiger partial charge in [0.1, 0.15) is 0 Å². The SMILES string of the molecule is CC1CCCCCN1C(=O)CCC1CCCNC1. The van der Waals surface area contributed by atoms with Gasteiger partial charge in [-0.15, -0.1) is 0 Å². The summed E-state index contributed by atoms with van der Waals surface area (Å²) >= 11 is 0. The van der Waals surface area contributed by atoms with Crippen molar-refractivity contribution < 1.29 is 4.79 Å². The zero-order valence-electron chi connectivity index (χ0n) is 11.8. The Morgan fingerprint density at radius 3 is 2.89 bits per heavy atom. The Balaban J connectivity index is 1.75. The van der Waals surface area contributed by atoms with E-state index < -0.39 is 0 Å². The van der Waals surface area contributed by atoms with E-state index in [2.05, 4.69) is 17.1 Å². The standard InChI is InChI=1S/C15H28N2O/c1-13-6-3-2-4-11-17(13)15(18)9-8-14-7-5-10-16-12-14/h13-14,16H,2-12H2,1H3. The molecule has 2 aliphatic heterocycles. The Hall–Kier alpha value is -0.570. The molecule has 2 heterocycles. The van der Waals surface area contributed by atoms with Crippen molar-refractivity contribution in [3.8, 4) is 0 Å². The second-order valence-electron chi connectivity index (χ2n) is 6.04. The highest BCUT2D eigenvalue weighted by atomic mass is 16.2. The van der Waals surface area contributed by atoms with Crippen LogP contribution in [0.1, 0.15) is 58.3 Å². The van der Waals surface area contributed by atoms with Gasteiger partial charge in [-0.1, -0.05) is 12.8 Å². The molecule has 2 rings (SSSR count). The maximum absolute atomic E-state index is 12.3. The van der Waals surface area contributed by atoms with E-state index in [0.717, 1.165) is 38.4 Å². The van der Waals surface area contributed by atoms with E-state index in [4.69, 9.17) is 0 Å². The minimum absolute atomic E-state index is 0.398. The van der Waals surface area contributed by atoms with Crippen LogP contribution >= 0.6 is 0 Å². The van der Waals surface area contributed by atoms with E-state index in [-0.39, 0.29) is 0 Å². The fourth-order valence-corrected chi connectivity index (χ4v) is 3.29. The van der Waals surface area contributed by atoms with E-state index in [9.17, 15) is 4.79 Å². The number of hydrogen-bond acceptors (Lipinski definition) is 2. The van der Waals surface area contributed by atoms with Gasteiger partial charge in [-0.2, -0.15) is 0 Å². The Labute approximate surface area is 111 Å². The van der Waals surface area contributed by atoms with Gasteiger partial charge in [0.2, 0.25) is 5.91 Å². The highest BCUT2D eigenvalue weighted by Crippen LogP contribution is 2.20. The van der Waals surface area contributed by atoms with Crippen molar-refractivity contribution in [3.05, 3.63) is 0 Å². The van der Waals surface area contributed by atoms with Crippen LogP contribution in [0.4, 0.5) is 0 Å². The average Bonchev–Trinajstić information content (AvgIpc) is 2.62. The van der Waals surface area contributed by atoms with Gasteiger partial charge in [-0.25, -0.2) is 0 Å². The molecule has 0 aromatic carbocycles. The maximum atomic E-state index is 12.3. The summed E-state index contributed by atoms with van der Waals surface area (Å²) in [5.74, 6) is 1.12. The molecule has 104 valence electrons. The summed E-state index contributed by atoms with van der Waals surface area (Å²) in [4.78, 5) is 14.5. The first-order valence-electron chi connectivity index (χ1n) is 7.77. The summed E-state index contributed by atoms with van der Waals surface area (Å²) in [6.45, 7) is 5.48.